The van der Waals surface area contributed by atoms with Crippen molar-refractivity contribution in [3.63, 3.8) is 0 Å². The van der Waals surface area contributed by atoms with E-state index in [4.69, 9.17) is 5.11 Å². The van der Waals surface area contributed by atoms with Crippen LogP contribution in [0.25, 0.3) is 0 Å². The standard InChI is InChI=1S/C14H18N2O3/c1-15(10-13(17)16-7-2-8-16)9-11-3-5-12(6-4-11)14(18)19/h3-6H,2,7-10H2,1H3,(H,18,19). The molecule has 1 aromatic rings. The van der Waals surface area contributed by atoms with E-state index in [2.05, 4.69) is 0 Å². The van der Waals surface area contributed by atoms with E-state index in [1.165, 1.54) is 0 Å². The fourth-order valence-electron chi connectivity index (χ4n) is 2.02. The van der Waals surface area contributed by atoms with Crippen LogP contribution in [0.1, 0.15) is 22.3 Å². The van der Waals surface area contributed by atoms with Gasteiger partial charge in [-0.1, -0.05) is 12.1 Å². The van der Waals surface area contributed by atoms with Crippen LogP contribution in [0.4, 0.5) is 0 Å². The lowest BCUT2D eigenvalue weighted by molar-refractivity contribution is -0.135. The van der Waals surface area contributed by atoms with Gasteiger partial charge >= 0.3 is 5.97 Å². The molecule has 1 amide bonds. The lowest BCUT2D eigenvalue weighted by Gasteiger charge is -2.32. The average Bonchev–Trinajstić information content (AvgIpc) is 2.26. The van der Waals surface area contributed by atoms with Crippen LogP contribution in [0.5, 0.6) is 0 Å². The molecule has 2 rings (SSSR count). The van der Waals surface area contributed by atoms with Crippen LogP contribution >= 0.6 is 0 Å². The van der Waals surface area contributed by atoms with Gasteiger partial charge in [-0.3, -0.25) is 9.69 Å². The highest BCUT2D eigenvalue weighted by atomic mass is 16.4. The van der Waals surface area contributed by atoms with Crippen LogP contribution < -0.4 is 0 Å². The zero-order valence-electron chi connectivity index (χ0n) is 11.0. The quantitative estimate of drug-likeness (QED) is 0.861. The molecule has 102 valence electrons. The van der Waals surface area contributed by atoms with Gasteiger partial charge in [0.1, 0.15) is 0 Å². The second kappa shape index (κ2) is 5.84. The van der Waals surface area contributed by atoms with Gasteiger partial charge in [0, 0.05) is 19.6 Å². The van der Waals surface area contributed by atoms with Crippen LogP contribution in [0.2, 0.25) is 0 Å². The predicted octanol–water partition coefficient (Wildman–Crippen LogP) is 1.05. The van der Waals surface area contributed by atoms with Crippen molar-refractivity contribution in [1.29, 1.82) is 0 Å². The topological polar surface area (TPSA) is 60.9 Å². The molecule has 0 unspecified atom stereocenters. The number of carbonyl (C=O) groups is 2. The van der Waals surface area contributed by atoms with Crippen LogP contribution in [0.3, 0.4) is 0 Å². The molecule has 1 aromatic carbocycles. The summed E-state index contributed by atoms with van der Waals surface area (Å²) in [6.07, 6.45) is 1.10. The maximum Gasteiger partial charge on any atom is 0.335 e. The van der Waals surface area contributed by atoms with Crippen molar-refractivity contribution < 1.29 is 14.7 Å². The molecule has 0 bridgehead atoms. The summed E-state index contributed by atoms with van der Waals surface area (Å²) in [6, 6.07) is 6.74. The number of nitrogens with zero attached hydrogens (tertiary/aromatic N) is 2. The molecule has 0 spiro atoms. The summed E-state index contributed by atoms with van der Waals surface area (Å²) in [5.74, 6) is -0.760. The minimum absolute atomic E-state index is 0.163. The fourth-order valence-corrected chi connectivity index (χ4v) is 2.02. The Morgan fingerprint density at radius 2 is 1.89 bits per heavy atom. The normalized spacial score (nSPS) is 14.3. The molecule has 0 aliphatic carbocycles. The first-order valence-corrected chi connectivity index (χ1v) is 6.35. The van der Waals surface area contributed by atoms with E-state index >= 15 is 0 Å². The summed E-state index contributed by atoms with van der Waals surface area (Å²) < 4.78 is 0. The molecule has 1 saturated heterocycles. The van der Waals surface area contributed by atoms with E-state index in [9.17, 15) is 9.59 Å². The van der Waals surface area contributed by atoms with E-state index in [0.29, 0.717) is 13.1 Å². The van der Waals surface area contributed by atoms with Crippen molar-refractivity contribution in [1.82, 2.24) is 9.80 Å². The molecule has 1 N–H and O–H groups in total. The zero-order valence-corrected chi connectivity index (χ0v) is 11.0. The largest absolute Gasteiger partial charge is 0.478 e. The van der Waals surface area contributed by atoms with E-state index in [1.54, 1.807) is 24.3 Å². The average molecular weight is 262 g/mol. The van der Waals surface area contributed by atoms with Gasteiger partial charge in [0.05, 0.1) is 12.1 Å². The Balaban J connectivity index is 1.85. The molecular weight excluding hydrogens is 244 g/mol. The van der Waals surface area contributed by atoms with Crippen LogP contribution in [0.15, 0.2) is 24.3 Å². The van der Waals surface area contributed by atoms with Crippen LogP contribution in [-0.2, 0) is 11.3 Å². The Hall–Kier alpha value is -1.88. The lowest BCUT2D eigenvalue weighted by Crippen LogP contribution is -2.46. The van der Waals surface area contributed by atoms with Crippen molar-refractivity contribution in [3.8, 4) is 0 Å². The molecule has 1 aliphatic rings. The Morgan fingerprint density at radius 3 is 2.37 bits per heavy atom. The Labute approximate surface area is 112 Å². The van der Waals surface area contributed by atoms with Crippen LogP contribution in [-0.4, -0.2) is 53.5 Å². The zero-order chi connectivity index (χ0) is 13.8. The van der Waals surface area contributed by atoms with Gasteiger partial charge in [-0.25, -0.2) is 4.79 Å². The van der Waals surface area contributed by atoms with Gasteiger partial charge in [0.25, 0.3) is 0 Å². The highest BCUT2D eigenvalue weighted by molar-refractivity contribution is 5.87. The summed E-state index contributed by atoms with van der Waals surface area (Å²) in [4.78, 5) is 26.3. The Bertz CT molecular complexity index is 466. The van der Waals surface area contributed by atoms with Gasteiger partial charge < -0.3 is 10.0 Å². The smallest absolute Gasteiger partial charge is 0.335 e. The van der Waals surface area contributed by atoms with Gasteiger partial charge in [-0.05, 0) is 31.2 Å². The maximum absolute atomic E-state index is 11.8. The number of hydrogen-bond acceptors (Lipinski definition) is 3. The number of aromatic carboxylic acids is 1. The maximum atomic E-state index is 11.8. The van der Waals surface area contributed by atoms with Crippen LogP contribution in [0, 0.1) is 0 Å². The van der Waals surface area contributed by atoms with Crippen molar-refractivity contribution in [2.75, 3.05) is 26.7 Å². The summed E-state index contributed by atoms with van der Waals surface area (Å²) in [6.45, 7) is 2.79. The van der Waals surface area contributed by atoms with Gasteiger partial charge in [0.2, 0.25) is 5.91 Å². The Kier molecular flexibility index (Phi) is 4.16. The lowest BCUT2D eigenvalue weighted by atomic mass is 10.1. The summed E-state index contributed by atoms with van der Waals surface area (Å²) in [7, 11) is 1.89. The predicted molar refractivity (Wildman–Crippen MR) is 70.9 cm³/mol. The first-order chi connectivity index (χ1) is 9.06. The first kappa shape index (κ1) is 13.5. The number of likely N-dealkylation sites (tertiary alicyclic amines) is 1. The van der Waals surface area contributed by atoms with Crippen molar-refractivity contribution in [3.05, 3.63) is 35.4 Å². The number of carbonyl (C=O) groups excluding carboxylic acids is 1. The molecule has 1 fully saturated rings. The van der Waals surface area contributed by atoms with Gasteiger partial charge in [-0.15, -0.1) is 0 Å². The molecule has 0 radical (unpaired) electrons. The Morgan fingerprint density at radius 1 is 1.26 bits per heavy atom. The fraction of sp³-hybridized carbons (Fsp3) is 0.429. The molecule has 5 nitrogen and oxygen atoms in total. The number of amides is 1. The third kappa shape index (κ3) is 3.54. The number of benzene rings is 1. The molecule has 1 aliphatic heterocycles. The van der Waals surface area contributed by atoms with Crippen molar-refractivity contribution in [2.24, 2.45) is 0 Å². The second-order valence-corrected chi connectivity index (χ2v) is 4.91. The first-order valence-electron chi connectivity index (χ1n) is 6.35. The van der Waals surface area contributed by atoms with Gasteiger partial charge in [0.15, 0.2) is 0 Å². The second-order valence-electron chi connectivity index (χ2n) is 4.91. The molecule has 0 atom stereocenters. The minimum Gasteiger partial charge on any atom is -0.478 e. The third-order valence-electron chi connectivity index (χ3n) is 3.27. The van der Waals surface area contributed by atoms with Crippen molar-refractivity contribution >= 4 is 11.9 Å². The molecule has 19 heavy (non-hydrogen) atoms. The highest BCUT2D eigenvalue weighted by Crippen LogP contribution is 2.09. The van der Waals surface area contributed by atoms with E-state index in [-0.39, 0.29) is 11.5 Å². The third-order valence-corrected chi connectivity index (χ3v) is 3.27. The molecule has 1 heterocycles. The molecule has 0 saturated carbocycles. The number of likely N-dealkylation sites (N-methyl/N-ethyl adjacent to an activating group) is 1. The number of carboxylic acid groups (broad SMARTS) is 1. The highest BCUT2D eigenvalue weighted by Gasteiger charge is 2.20. The van der Waals surface area contributed by atoms with Gasteiger partial charge in [-0.2, -0.15) is 0 Å². The van der Waals surface area contributed by atoms with E-state index in [1.807, 2.05) is 16.8 Å². The summed E-state index contributed by atoms with van der Waals surface area (Å²) >= 11 is 0. The SMILES string of the molecule is CN(CC(=O)N1CCC1)Cc1ccc(C(=O)O)cc1. The molecule has 0 aromatic heterocycles. The van der Waals surface area contributed by atoms with Crippen molar-refractivity contribution in [2.45, 2.75) is 13.0 Å². The summed E-state index contributed by atoms with van der Waals surface area (Å²) in [5.41, 5.74) is 1.28. The number of rotatable bonds is 5. The minimum atomic E-state index is -0.923. The number of carboxylic acids is 1. The molecule has 5 heteroatoms. The van der Waals surface area contributed by atoms with E-state index < -0.39 is 5.97 Å². The summed E-state index contributed by atoms with van der Waals surface area (Å²) in [5, 5.41) is 8.81. The number of hydrogen-bond donors (Lipinski definition) is 1. The molecular formula is C14H18N2O3. The monoisotopic (exact) mass is 262 g/mol. The van der Waals surface area contributed by atoms with E-state index in [0.717, 1.165) is 25.1 Å².